The predicted octanol–water partition coefficient (Wildman–Crippen LogP) is 4.94. The molecular weight excluding hydrogens is 525 g/mol. The quantitative estimate of drug-likeness (QED) is 0.487. The Hall–Kier alpha value is -3.86. The van der Waals surface area contributed by atoms with E-state index in [0.717, 1.165) is 67.1 Å². The van der Waals surface area contributed by atoms with E-state index < -0.39 is 35.7 Å². The summed E-state index contributed by atoms with van der Waals surface area (Å²) in [5.41, 5.74) is 1.53. The molecule has 0 aliphatic carbocycles. The number of halogens is 3. The van der Waals surface area contributed by atoms with Crippen molar-refractivity contribution in [2.75, 3.05) is 40.3 Å². The molecular formula is C29H33F3N4O4. The molecule has 0 saturated carbocycles. The fourth-order valence-corrected chi connectivity index (χ4v) is 5.32. The minimum atomic E-state index is -1.31. The second kappa shape index (κ2) is 12.5. The van der Waals surface area contributed by atoms with Crippen molar-refractivity contribution < 1.29 is 32.3 Å². The zero-order valence-electron chi connectivity index (χ0n) is 22.8. The maximum absolute atomic E-state index is 14.2. The number of urea groups is 1. The molecule has 1 fully saturated rings. The number of carbonyl (C=O) groups excluding carboxylic acids is 3. The van der Waals surface area contributed by atoms with E-state index in [4.69, 9.17) is 4.74 Å². The first-order valence-corrected chi connectivity index (χ1v) is 13.2. The number of allylic oxidation sites excluding steroid dienone is 1. The Morgan fingerprint density at radius 1 is 1.00 bits per heavy atom. The van der Waals surface area contributed by atoms with Crippen LogP contribution >= 0.6 is 0 Å². The molecule has 1 unspecified atom stereocenters. The molecule has 40 heavy (non-hydrogen) atoms. The molecule has 0 spiro atoms. The number of hydrogen-bond acceptors (Lipinski definition) is 5. The molecule has 1 atom stereocenters. The third kappa shape index (κ3) is 6.14. The first-order valence-electron chi connectivity index (χ1n) is 13.2. The number of hydrogen-bond donors (Lipinski definition) is 1. The number of carbonyl (C=O) groups is 3. The highest BCUT2D eigenvalue weighted by Gasteiger charge is 2.44. The Balaban J connectivity index is 1.41. The van der Waals surface area contributed by atoms with E-state index in [2.05, 4.69) is 10.2 Å². The highest BCUT2D eigenvalue weighted by atomic mass is 19.2. The van der Waals surface area contributed by atoms with Gasteiger partial charge in [0.05, 0.1) is 12.7 Å². The summed E-state index contributed by atoms with van der Waals surface area (Å²) in [5, 5.41) is 2.86. The lowest BCUT2D eigenvalue weighted by molar-refractivity contribution is -0.118. The fraction of sp³-hybridized carbons (Fsp3) is 0.414. The number of nitrogens with one attached hydrogen (secondary N) is 1. The van der Waals surface area contributed by atoms with Crippen molar-refractivity contribution in [2.45, 2.75) is 38.1 Å². The van der Waals surface area contributed by atoms with Gasteiger partial charge in [-0.15, -0.1) is 0 Å². The summed E-state index contributed by atoms with van der Waals surface area (Å²) < 4.78 is 45.8. The fourth-order valence-electron chi connectivity index (χ4n) is 5.32. The number of ether oxygens (including phenoxy) is 1. The number of methoxy groups -OCH3 is 1. The van der Waals surface area contributed by atoms with Gasteiger partial charge in [0.2, 0.25) is 0 Å². The Kier molecular flexibility index (Phi) is 9.14. The predicted molar refractivity (Wildman–Crippen MR) is 142 cm³/mol. The molecule has 0 aromatic heterocycles. The monoisotopic (exact) mass is 558 g/mol. The molecule has 0 radical (unpaired) electrons. The maximum Gasteiger partial charge on any atom is 0.418 e. The van der Waals surface area contributed by atoms with Crippen LogP contribution in [0.2, 0.25) is 0 Å². The number of likely N-dealkylation sites (tertiary alicyclic amines) is 1. The van der Waals surface area contributed by atoms with Gasteiger partial charge in [-0.2, -0.15) is 0 Å². The Labute approximate surface area is 231 Å². The van der Waals surface area contributed by atoms with Crippen molar-refractivity contribution in [3.8, 4) is 0 Å². The molecule has 8 nitrogen and oxygen atoms in total. The third-order valence-electron chi connectivity index (χ3n) is 7.66. The normalized spacial score (nSPS) is 18.8. The lowest BCUT2D eigenvalue weighted by atomic mass is 9.89. The summed E-state index contributed by atoms with van der Waals surface area (Å²) in [6.07, 6.45) is 1.55. The lowest BCUT2D eigenvalue weighted by Crippen LogP contribution is -2.52. The molecule has 2 aromatic carbocycles. The summed E-state index contributed by atoms with van der Waals surface area (Å²) in [7, 11) is 2.50. The van der Waals surface area contributed by atoms with Crippen LogP contribution < -0.4 is 5.32 Å². The average molecular weight is 559 g/mol. The number of amides is 4. The second-order valence-electron chi connectivity index (χ2n) is 10.0. The van der Waals surface area contributed by atoms with Crippen LogP contribution in [-0.2, 0) is 9.53 Å². The van der Waals surface area contributed by atoms with Gasteiger partial charge in [0.15, 0.2) is 11.6 Å². The smallest absolute Gasteiger partial charge is 0.418 e. The molecule has 2 aromatic rings. The van der Waals surface area contributed by atoms with Crippen LogP contribution in [-0.4, -0.2) is 73.1 Å². The summed E-state index contributed by atoms with van der Waals surface area (Å²) in [4.78, 5) is 43.2. The summed E-state index contributed by atoms with van der Waals surface area (Å²) in [6, 6.07) is 7.56. The average Bonchev–Trinajstić information content (AvgIpc) is 2.95. The molecule has 2 aliphatic heterocycles. The summed E-state index contributed by atoms with van der Waals surface area (Å²) >= 11 is 0. The Morgan fingerprint density at radius 2 is 1.65 bits per heavy atom. The number of nitrogens with zero attached hydrogens (tertiary/aromatic N) is 3. The largest absolute Gasteiger partial charge is 0.452 e. The molecule has 214 valence electrons. The van der Waals surface area contributed by atoms with Crippen LogP contribution in [0, 0.1) is 17.5 Å². The van der Waals surface area contributed by atoms with Gasteiger partial charge in [0.1, 0.15) is 11.9 Å². The number of piperidine rings is 1. The molecule has 4 amide bonds. The number of imide groups is 1. The molecule has 11 heteroatoms. The number of rotatable bonds is 7. The van der Waals surface area contributed by atoms with Crippen molar-refractivity contribution >= 4 is 18.0 Å². The molecule has 2 heterocycles. The van der Waals surface area contributed by atoms with Crippen LogP contribution in [0.15, 0.2) is 53.7 Å². The van der Waals surface area contributed by atoms with Crippen LogP contribution in [0.25, 0.3) is 0 Å². The van der Waals surface area contributed by atoms with E-state index in [1.165, 1.54) is 25.2 Å². The molecule has 4 rings (SSSR count). The summed E-state index contributed by atoms with van der Waals surface area (Å²) in [6.45, 7) is 4.42. The van der Waals surface area contributed by atoms with E-state index >= 15 is 0 Å². The lowest BCUT2D eigenvalue weighted by Gasteiger charge is -2.39. The standard InChI is InChI=1S/C29H33F3N4O4/c1-18-25(26(21-7-10-23(31)24(32)17-21)36(29(39)40-3)28(38)34(18)2)27(37)33-13-4-14-35-15-11-20(12-16-35)19-5-8-22(30)9-6-19/h5-10,17,20,26H,4,11-16H2,1-3H3,(H,33,37). The van der Waals surface area contributed by atoms with Crippen molar-refractivity contribution in [3.05, 3.63) is 82.3 Å². The van der Waals surface area contributed by atoms with Gasteiger partial charge in [-0.05, 0) is 87.1 Å². The summed E-state index contributed by atoms with van der Waals surface area (Å²) in [5.74, 6) is -2.65. The van der Waals surface area contributed by atoms with Gasteiger partial charge in [-0.1, -0.05) is 18.2 Å². The van der Waals surface area contributed by atoms with Crippen molar-refractivity contribution in [1.82, 2.24) is 20.0 Å². The highest BCUT2D eigenvalue weighted by molar-refractivity contribution is 6.02. The van der Waals surface area contributed by atoms with Gasteiger partial charge in [0, 0.05) is 19.3 Å². The number of benzene rings is 2. The van der Waals surface area contributed by atoms with E-state index in [1.807, 2.05) is 12.1 Å². The molecule has 2 aliphatic rings. The zero-order valence-corrected chi connectivity index (χ0v) is 22.8. The van der Waals surface area contributed by atoms with Gasteiger partial charge < -0.3 is 19.9 Å². The van der Waals surface area contributed by atoms with Crippen LogP contribution in [0.3, 0.4) is 0 Å². The van der Waals surface area contributed by atoms with Crippen LogP contribution in [0.5, 0.6) is 0 Å². The van der Waals surface area contributed by atoms with Gasteiger partial charge in [-0.25, -0.2) is 27.7 Å². The van der Waals surface area contributed by atoms with Gasteiger partial charge in [-0.3, -0.25) is 4.79 Å². The second-order valence-corrected chi connectivity index (χ2v) is 10.0. The van der Waals surface area contributed by atoms with E-state index in [9.17, 15) is 27.6 Å². The van der Waals surface area contributed by atoms with Crippen molar-refractivity contribution in [2.24, 2.45) is 0 Å². The highest BCUT2D eigenvalue weighted by Crippen LogP contribution is 2.37. The molecule has 1 N–H and O–H groups in total. The van der Waals surface area contributed by atoms with Crippen LogP contribution in [0.4, 0.5) is 22.8 Å². The SMILES string of the molecule is COC(=O)N1C(=O)N(C)C(C)=C(C(=O)NCCCN2CCC(c3ccc(F)cc3)CC2)C1c1ccc(F)c(F)c1. The molecule has 0 bridgehead atoms. The first kappa shape index (κ1) is 29.1. The zero-order chi connectivity index (χ0) is 29.0. The Morgan fingerprint density at radius 3 is 2.27 bits per heavy atom. The maximum atomic E-state index is 14.2. The first-order chi connectivity index (χ1) is 19.1. The van der Waals surface area contributed by atoms with Crippen molar-refractivity contribution in [3.63, 3.8) is 0 Å². The van der Waals surface area contributed by atoms with E-state index in [1.54, 1.807) is 6.92 Å². The van der Waals surface area contributed by atoms with Gasteiger partial charge in [0.25, 0.3) is 5.91 Å². The topological polar surface area (TPSA) is 82.2 Å². The van der Waals surface area contributed by atoms with Crippen LogP contribution in [0.1, 0.15) is 49.3 Å². The van der Waals surface area contributed by atoms with Crippen molar-refractivity contribution in [1.29, 1.82) is 0 Å². The van der Waals surface area contributed by atoms with Gasteiger partial charge >= 0.3 is 12.1 Å². The minimum absolute atomic E-state index is 0.0543. The minimum Gasteiger partial charge on any atom is -0.452 e. The third-order valence-corrected chi connectivity index (χ3v) is 7.66. The molecule has 1 saturated heterocycles. The Bertz CT molecular complexity index is 1290. The van der Waals surface area contributed by atoms with E-state index in [-0.39, 0.29) is 22.7 Å². The van der Waals surface area contributed by atoms with E-state index in [0.29, 0.717) is 18.9 Å².